The number of methoxy groups -OCH3 is 2. The Kier molecular flexibility index (Phi) is 6.88. The quantitative estimate of drug-likeness (QED) is 0.434. The number of allylic oxidation sites excluding steroid dienone is 3. The van der Waals surface area contributed by atoms with Crippen molar-refractivity contribution in [1.82, 2.24) is 0 Å². The largest absolute Gasteiger partial charge is 0.508 e. The van der Waals surface area contributed by atoms with Crippen LogP contribution < -0.4 is 9.47 Å². The van der Waals surface area contributed by atoms with Gasteiger partial charge in [-0.3, -0.25) is 4.79 Å². The number of aliphatic hydroxyl groups is 1. The molecule has 0 aliphatic rings. The highest BCUT2D eigenvalue weighted by Crippen LogP contribution is 2.23. The third-order valence-electron chi connectivity index (χ3n) is 3.59. The van der Waals surface area contributed by atoms with Crippen molar-refractivity contribution < 1.29 is 28.2 Å². The van der Waals surface area contributed by atoms with Crippen molar-refractivity contribution in [2.75, 3.05) is 14.2 Å². The van der Waals surface area contributed by atoms with Gasteiger partial charge in [0.05, 0.1) is 25.3 Å². The van der Waals surface area contributed by atoms with E-state index in [4.69, 9.17) is 9.47 Å². The first-order valence-corrected chi connectivity index (χ1v) is 7.92. The van der Waals surface area contributed by atoms with E-state index in [1.165, 1.54) is 50.6 Å². The molecule has 0 amide bonds. The molecule has 2 aromatic rings. The molecule has 0 atom stereocenters. The van der Waals surface area contributed by atoms with Crippen LogP contribution in [0.3, 0.4) is 0 Å². The number of halogens is 2. The van der Waals surface area contributed by atoms with Crippen LogP contribution in [0.1, 0.15) is 11.1 Å². The first-order chi connectivity index (χ1) is 13.0. The minimum atomic E-state index is -0.581. The van der Waals surface area contributed by atoms with Crippen LogP contribution in [0.25, 0.3) is 12.2 Å². The standard InChI is InChI=1S/C21H18F2O4/c1-26-20-7-3-5-18(22)16(20)11-9-14(24)13-15(25)10-12-17-19(23)6-4-8-21(17)27-2/h3-13,24H,1-2H3/b11-9+,12-10+,14-13-. The summed E-state index contributed by atoms with van der Waals surface area (Å²) < 4.78 is 37.7. The van der Waals surface area contributed by atoms with E-state index in [9.17, 15) is 18.7 Å². The van der Waals surface area contributed by atoms with Crippen molar-refractivity contribution in [3.8, 4) is 11.5 Å². The minimum absolute atomic E-state index is 0.118. The molecule has 27 heavy (non-hydrogen) atoms. The van der Waals surface area contributed by atoms with Crippen molar-refractivity contribution in [1.29, 1.82) is 0 Å². The maximum atomic E-state index is 13.8. The number of ether oxygens (including phenoxy) is 2. The number of hydrogen-bond acceptors (Lipinski definition) is 4. The van der Waals surface area contributed by atoms with E-state index in [2.05, 4.69) is 0 Å². The lowest BCUT2D eigenvalue weighted by Crippen LogP contribution is -1.93. The fraction of sp³-hybridized carbons (Fsp3) is 0.0952. The monoisotopic (exact) mass is 372 g/mol. The van der Waals surface area contributed by atoms with Crippen LogP contribution in [0.5, 0.6) is 11.5 Å². The number of hydrogen-bond donors (Lipinski definition) is 1. The highest BCUT2D eigenvalue weighted by molar-refractivity contribution is 6.02. The maximum absolute atomic E-state index is 13.8. The van der Waals surface area contributed by atoms with Crippen molar-refractivity contribution in [3.05, 3.63) is 83.1 Å². The van der Waals surface area contributed by atoms with Crippen molar-refractivity contribution in [3.63, 3.8) is 0 Å². The predicted molar refractivity (Wildman–Crippen MR) is 99.7 cm³/mol. The minimum Gasteiger partial charge on any atom is -0.508 e. The molecule has 4 nitrogen and oxygen atoms in total. The molecule has 2 rings (SSSR count). The summed E-state index contributed by atoms with van der Waals surface area (Å²) >= 11 is 0. The Bertz CT molecular complexity index is 914. The van der Waals surface area contributed by atoms with Crippen molar-refractivity contribution >= 4 is 17.9 Å². The number of aliphatic hydroxyl groups excluding tert-OH is 1. The lowest BCUT2D eigenvalue weighted by molar-refractivity contribution is -0.110. The zero-order chi connectivity index (χ0) is 19.8. The maximum Gasteiger partial charge on any atom is 0.182 e. The van der Waals surface area contributed by atoms with Gasteiger partial charge in [-0.15, -0.1) is 0 Å². The van der Waals surface area contributed by atoms with Gasteiger partial charge in [-0.25, -0.2) is 8.78 Å². The summed E-state index contributed by atoms with van der Waals surface area (Å²) in [5.74, 6) is -1.48. The molecule has 2 aromatic carbocycles. The Morgan fingerprint density at radius 2 is 1.37 bits per heavy atom. The van der Waals surface area contributed by atoms with Gasteiger partial charge in [-0.2, -0.15) is 0 Å². The zero-order valence-electron chi connectivity index (χ0n) is 14.8. The van der Waals surface area contributed by atoms with E-state index in [1.807, 2.05) is 0 Å². The van der Waals surface area contributed by atoms with E-state index in [0.29, 0.717) is 0 Å². The van der Waals surface area contributed by atoms with Crippen LogP contribution >= 0.6 is 0 Å². The van der Waals surface area contributed by atoms with Gasteiger partial charge in [-0.1, -0.05) is 12.1 Å². The molecule has 0 bridgehead atoms. The molecular weight excluding hydrogens is 354 g/mol. The summed E-state index contributed by atoms with van der Waals surface area (Å²) in [6.45, 7) is 0. The number of rotatable bonds is 7. The molecular formula is C21H18F2O4. The zero-order valence-corrected chi connectivity index (χ0v) is 14.8. The van der Waals surface area contributed by atoms with Crippen molar-refractivity contribution in [2.24, 2.45) is 0 Å². The Morgan fingerprint density at radius 1 is 0.889 bits per heavy atom. The molecule has 0 aliphatic heterocycles. The number of carbonyl (C=O) groups excluding carboxylic acids is 1. The third kappa shape index (κ3) is 5.28. The normalized spacial score (nSPS) is 11.9. The second-order valence-electron chi connectivity index (χ2n) is 5.35. The summed E-state index contributed by atoms with van der Waals surface area (Å²) in [6, 6.07) is 8.60. The van der Waals surface area contributed by atoms with Gasteiger partial charge in [0.15, 0.2) is 5.78 Å². The van der Waals surface area contributed by atoms with Gasteiger partial charge in [0.1, 0.15) is 28.9 Å². The lowest BCUT2D eigenvalue weighted by atomic mass is 10.1. The molecule has 6 heteroatoms. The van der Waals surface area contributed by atoms with Gasteiger partial charge in [-0.05, 0) is 48.6 Å². The van der Waals surface area contributed by atoms with Gasteiger partial charge in [0.2, 0.25) is 0 Å². The van der Waals surface area contributed by atoms with Crippen LogP contribution in [-0.4, -0.2) is 25.1 Å². The molecule has 0 heterocycles. The van der Waals surface area contributed by atoms with E-state index >= 15 is 0 Å². The first kappa shape index (κ1) is 19.9. The van der Waals surface area contributed by atoms with Crippen LogP contribution in [0.15, 0.2) is 60.4 Å². The van der Waals surface area contributed by atoms with Crippen LogP contribution in [-0.2, 0) is 4.79 Å². The highest BCUT2D eigenvalue weighted by Gasteiger charge is 2.07. The Balaban J connectivity index is 2.16. The molecule has 140 valence electrons. The summed E-state index contributed by atoms with van der Waals surface area (Å²) in [7, 11) is 2.79. The number of carbonyl (C=O) groups is 1. The second-order valence-corrected chi connectivity index (χ2v) is 5.35. The average molecular weight is 372 g/mol. The van der Waals surface area contributed by atoms with Crippen LogP contribution in [0.2, 0.25) is 0 Å². The van der Waals surface area contributed by atoms with Gasteiger partial charge in [0.25, 0.3) is 0 Å². The smallest absolute Gasteiger partial charge is 0.182 e. The van der Waals surface area contributed by atoms with Gasteiger partial charge < -0.3 is 14.6 Å². The fourth-order valence-corrected chi connectivity index (χ4v) is 2.29. The average Bonchev–Trinajstić information content (AvgIpc) is 2.65. The molecule has 0 unspecified atom stereocenters. The molecule has 0 fully saturated rings. The van der Waals surface area contributed by atoms with Crippen molar-refractivity contribution in [2.45, 2.75) is 0 Å². The second kappa shape index (κ2) is 9.33. The van der Waals surface area contributed by atoms with Gasteiger partial charge >= 0.3 is 0 Å². The molecule has 0 saturated heterocycles. The predicted octanol–water partition coefficient (Wildman–Crippen LogP) is 4.72. The fourth-order valence-electron chi connectivity index (χ4n) is 2.29. The summed E-state index contributed by atoms with van der Waals surface area (Å²) in [5.41, 5.74) is 0.256. The Hall–Kier alpha value is -3.41. The van der Waals surface area contributed by atoms with E-state index in [1.54, 1.807) is 12.1 Å². The number of ketones is 1. The lowest BCUT2D eigenvalue weighted by Gasteiger charge is -2.05. The molecule has 0 aliphatic carbocycles. The first-order valence-electron chi connectivity index (χ1n) is 7.92. The number of benzene rings is 2. The van der Waals surface area contributed by atoms with Crippen LogP contribution in [0.4, 0.5) is 8.78 Å². The highest BCUT2D eigenvalue weighted by atomic mass is 19.1. The summed E-state index contributed by atoms with van der Waals surface area (Å²) in [5, 5.41) is 9.85. The van der Waals surface area contributed by atoms with E-state index in [0.717, 1.165) is 18.2 Å². The summed E-state index contributed by atoms with van der Waals surface area (Å²) in [6.07, 6.45) is 5.72. The molecule has 1 N–H and O–H groups in total. The topological polar surface area (TPSA) is 55.8 Å². The SMILES string of the molecule is COc1cccc(F)c1/C=C/C(=O)/C=C(O)/C=C/c1c(F)cccc1OC. The van der Waals surface area contributed by atoms with E-state index in [-0.39, 0.29) is 22.6 Å². The third-order valence-corrected chi connectivity index (χ3v) is 3.59. The molecule has 0 saturated carbocycles. The summed E-state index contributed by atoms with van der Waals surface area (Å²) in [4.78, 5) is 11.9. The Morgan fingerprint density at radius 3 is 1.85 bits per heavy atom. The molecule has 0 radical (unpaired) electrons. The van der Waals surface area contributed by atoms with Crippen LogP contribution in [0, 0.1) is 11.6 Å². The van der Waals surface area contributed by atoms with Gasteiger partial charge in [0, 0.05) is 6.08 Å². The Labute approximate surface area is 155 Å². The molecule has 0 spiro atoms. The van der Waals surface area contributed by atoms with E-state index < -0.39 is 23.2 Å². The molecule has 0 aromatic heterocycles.